The van der Waals surface area contributed by atoms with Gasteiger partial charge in [-0.3, -0.25) is 24.3 Å². The third kappa shape index (κ3) is 4.97. The van der Waals surface area contributed by atoms with Crippen LogP contribution in [0.15, 0.2) is 16.3 Å². The van der Waals surface area contributed by atoms with Crippen molar-refractivity contribution in [1.29, 1.82) is 0 Å². The van der Waals surface area contributed by atoms with E-state index in [0.29, 0.717) is 0 Å². The number of hydrogen-bond acceptors (Lipinski definition) is 7. The third-order valence-electron chi connectivity index (χ3n) is 7.01. The van der Waals surface area contributed by atoms with Crippen LogP contribution in [0.3, 0.4) is 0 Å². The molecule has 0 unspecified atom stereocenters. The van der Waals surface area contributed by atoms with Gasteiger partial charge in [0.05, 0.1) is 0 Å². The molecule has 0 aromatic carbocycles. The van der Waals surface area contributed by atoms with E-state index in [0.717, 1.165) is 0 Å². The van der Waals surface area contributed by atoms with Crippen molar-refractivity contribution in [2.45, 2.75) is 129 Å². The number of cyclic esters (lactones) is 1. The number of amides is 1. The zero-order valence-electron chi connectivity index (χ0n) is 27.0. The number of likely N-dealkylation sites (tertiary alicyclic amines) is 1. The number of amidine groups is 1. The van der Waals surface area contributed by atoms with Gasteiger partial charge in [-0.25, -0.2) is 4.79 Å². The summed E-state index contributed by atoms with van der Waals surface area (Å²) >= 11 is 0. The summed E-state index contributed by atoms with van der Waals surface area (Å²) < 4.78 is 13.0. The second kappa shape index (κ2) is 9.55. The van der Waals surface area contributed by atoms with Crippen LogP contribution in [0.4, 0.5) is 0 Å². The molecule has 220 valence electrons. The number of allylic oxidation sites excluding steroid dienone is 1. The van der Waals surface area contributed by atoms with Crippen molar-refractivity contribution in [3.8, 4) is 0 Å². The molecule has 0 aromatic rings. The Morgan fingerprint density at radius 1 is 0.795 bits per heavy atom. The van der Waals surface area contributed by atoms with Crippen LogP contribution >= 0.6 is 0 Å². The molecule has 0 aliphatic carbocycles. The summed E-state index contributed by atoms with van der Waals surface area (Å²) in [7, 11) is 0. The highest BCUT2D eigenvalue weighted by Gasteiger charge is 2.83. The van der Waals surface area contributed by atoms with E-state index in [-0.39, 0.29) is 29.3 Å². The predicted octanol–water partition coefficient (Wildman–Crippen LogP) is 5.88. The maximum atomic E-state index is 14.6. The topological polar surface area (TPSA) is 102 Å². The molecule has 0 radical (unpaired) electrons. The van der Waals surface area contributed by atoms with Gasteiger partial charge in [0.25, 0.3) is 11.7 Å². The fourth-order valence-electron chi connectivity index (χ4n) is 5.19. The first kappa shape index (κ1) is 32.7. The number of β-lactam (4-membered cyclic amide) rings is 1. The van der Waals surface area contributed by atoms with Crippen molar-refractivity contribution in [2.75, 3.05) is 0 Å². The Morgan fingerprint density at radius 2 is 1.28 bits per heavy atom. The van der Waals surface area contributed by atoms with E-state index in [1.807, 2.05) is 48.5 Å². The van der Waals surface area contributed by atoms with Gasteiger partial charge in [0.15, 0.2) is 11.6 Å². The van der Waals surface area contributed by atoms with Crippen LogP contribution in [0.5, 0.6) is 0 Å². The van der Waals surface area contributed by atoms with Crippen LogP contribution < -0.4 is 0 Å². The molecule has 2 heterocycles. The zero-order chi connectivity index (χ0) is 30.9. The standard InChI is InChI=1S/C31H50N2O6/c1-17(2)32-24-30(23(36)28(11,12)13,25(37)33(24)18(3)4)31(29(14,15)16)38-21(27(8,9)10)19(22(35)39-31)20(34)26(5,6)7/h17-18H,1-16H3/t30-,31+/m0/s1. The molecule has 2 rings (SSSR count). The maximum Gasteiger partial charge on any atom is 0.348 e. The molecule has 2 aliphatic rings. The fraction of sp³-hybridized carbons (Fsp3) is 0.774. The maximum absolute atomic E-state index is 14.6. The number of carbonyl (C=O) groups excluding carboxylic acids is 4. The molecule has 8 heteroatoms. The van der Waals surface area contributed by atoms with Crippen LogP contribution in [0.1, 0.15) is 111 Å². The summed E-state index contributed by atoms with van der Waals surface area (Å²) in [6.07, 6.45) is 0. The number of nitrogens with zero attached hydrogens (tertiary/aromatic N) is 2. The van der Waals surface area contributed by atoms with Gasteiger partial charge in [0.1, 0.15) is 17.2 Å². The molecule has 1 saturated heterocycles. The first-order valence-electron chi connectivity index (χ1n) is 13.9. The van der Waals surface area contributed by atoms with E-state index < -0.39 is 56.3 Å². The van der Waals surface area contributed by atoms with E-state index >= 15 is 0 Å². The van der Waals surface area contributed by atoms with E-state index in [1.165, 1.54) is 4.90 Å². The molecule has 0 saturated carbocycles. The summed E-state index contributed by atoms with van der Waals surface area (Å²) in [5, 5.41) is 0. The Balaban J connectivity index is 3.18. The highest BCUT2D eigenvalue weighted by molar-refractivity contribution is 6.38. The lowest BCUT2D eigenvalue weighted by molar-refractivity contribution is -0.306. The van der Waals surface area contributed by atoms with Crippen molar-refractivity contribution in [3.05, 3.63) is 11.3 Å². The Kier molecular flexibility index (Phi) is 8.01. The zero-order valence-corrected chi connectivity index (χ0v) is 27.0. The van der Waals surface area contributed by atoms with Gasteiger partial charge in [-0.1, -0.05) is 83.1 Å². The van der Waals surface area contributed by atoms with Crippen molar-refractivity contribution in [3.63, 3.8) is 0 Å². The van der Waals surface area contributed by atoms with E-state index in [2.05, 4.69) is 0 Å². The minimum atomic E-state index is -2.11. The fourth-order valence-corrected chi connectivity index (χ4v) is 5.19. The quantitative estimate of drug-likeness (QED) is 0.185. The summed E-state index contributed by atoms with van der Waals surface area (Å²) in [6, 6.07) is -0.573. The number of esters is 1. The normalized spacial score (nSPS) is 26.2. The monoisotopic (exact) mass is 546 g/mol. The van der Waals surface area contributed by atoms with Crippen molar-refractivity contribution in [2.24, 2.45) is 32.1 Å². The summed E-state index contributed by atoms with van der Waals surface area (Å²) in [5.74, 6) is -4.11. The minimum absolute atomic E-state index is 0.106. The van der Waals surface area contributed by atoms with E-state index in [1.54, 1.807) is 62.3 Å². The van der Waals surface area contributed by atoms with E-state index in [9.17, 15) is 19.2 Å². The molecule has 2 aliphatic heterocycles. The van der Waals surface area contributed by atoms with Gasteiger partial charge in [-0.05, 0) is 27.7 Å². The number of ether oxygens (including phenoxy) is 2. The molecule has 0 aromatic heterocycles. The number of rotatable bonds is 5. The second-order valence-corrected chi connectivity index (χ2v) is 15.5. The number of carbonyl (C=O) groups is 4. The van der Waals surface area contributed by atoms with Gasteiger partial charge in [0, 0.05) is 33.7 Å². The molecular weight excluding hydrogens is 496 g/mol. The lowest BCUT2D eigenvalue weighted by atomic mass is 9.54. The van der Waals surface area contributed by atoms with Gasteiger partial charge in [-0.2, -0.15) is 0 Å². The summed E-state index contributed by atoms with van der Waals surface area (Å²) in [4.78, 5) is 63.0. The van der Waals surface area contributed by atoms with Crippen LogP contribution in [-0.4, -0.2) is 52.0 Å². The largest absolute Gasteiger partial charge is 0.452 e. The molecule has 8 nitrogen and oxygen atoms in total. The average Bonchev–Trinajstić information content (AvgIpc) is 2.69. The summed E-state index contributed by atoms with van der Waals surface area (Å²) in [5.41, 5.74) is -6.12. The molecule has 2 atom stereocenters. The van der Waals surface area contributed by atoms with Crippen molar-refractivity contribution >= 4 is 29.3 Å². The first-order valence-corrected chi connectivity index (χ1v) is 13.9. The van der Waals surface area contributed by atoms with Crippen LogP contribution in [0.2, 0.25) is 0 Å². The van der Waals surface area contributed by atoms with Gasteiger partial charge in [0.2, 0.25) is 5.41 Å². The number of Topliss-reactive ketones (excluding diaryl/α,β-unsaturated/α-hetero) is 2. The average molecular weight is 547 g/mol. The second-order valence-electron chi connectivity index (χ2n) is 15.5. The lowest BCUT2D eigenvalue weighted by Gasteiger charge is -2.63. The highest BCUT2D eigenvalue weighted by atomic mass is 16.7. The van der Waals surface area contributed by atoms with E-state index in [4.69, 9.17) is 14.5 Å². The smallest absolute Gasteiger partial charge is 0.348 e. The Bertz CT molecular complexity index is 1130. The number of hydrogen-bond donors (Lipinski definition) is 0. The predicted molar refractivity (Wildman–Crippen MR) is 152 cm³/mol. The lowest BCUT2D eigenvalue weighted by Crippen LogP contribution is -2.84. The van der Waals surface area contributed by atoms with Gasteiger partial charge in [-0.15, -0.1) is 0 Å². The Morgan fingerprint density at radius 3 is 1.62 bits per heavy atom. The molecular formula is C31H50N2O6. The molecule has 1 fully saturated rings. The van der Waals surface area contributed by atoms with Crippen LogP contribution in [0, 0.1) is 27.1 Å². The molecule has 0 spiro atoms. The number of ketones is 2. The van der Waals surface area contributed by atoms with Crippen molar-refractivity contribution in [1.82, 2.24) is 4.90 Å². The van der Waals surface area contributed by atoms with Crippen LogP contribution in [0.25, 0.3) is 0 Å². The summed E-state index contributed by atoms with van der Waals surface area (Å²) in [6.45, 7) is 28.5. The third-order valence-corrected chi connectivity index (χ3v) is 7.01. The number of aliphatic imine (C=N–C) groups is 1. The molecule has 0 bridgehead atoms. The Hall–Kier alpha value is -2.51. The van der Waals surface area contributed by atoms with Crippen LogP contribution in [-0.2, 0) is 28.7 Å². The van der Waals surface area contributed by atoms with Crippen molar-refractivity contribution < 1.29 is 28.7 Å². The first-order chi connectivity index (χ1) is 17.2. The molecule has 0 N–H and O–H groups in total. The molecule has 39 heavy (non-hydrogen) atoms. The minimum Gasteiger partial charge on any atom is -0.452 e. The highest BCUT2D eigenvalue weighted by Crippen LogP contribution is 2.61. The van der Waals surface area contributed by atoms with Gasteiger partial charge < -0.3 is 9.47 Å². The Labute approximate surface area is 235 Å². The molecule has 1 amide bonds. The van der Waals surface area contributed by atoms with Gasteiger partial charge >= 0.3 is 5.97 Å². The SMILES string of the molecule is CC(C)N=C1N(C(C)C)C(=O)[C@@]1(C(=O)C(C)(C)C)[C@@]1(C(C)(C)C)OC(=O)C(C(=O)C(C)(C)C)=C(C(C)(C)C)O1.